The number of rotatable bonds is 14. The van der Waals surface area contributed by atoms with E-state index < -0.39 is 5.82 Å². The second kappa shape index (κ2) is 15.6. The van der Waals surface area contributed by atoms with Crippen LogP contribution in [0.4, 0.5) is 15.9 Å². The molecule has 5 heterocycles. The number of aromatic nitrogens is 3. The molecule has 6 rings (SSSR count). The number of amides is 2. The maximum Gasteiger partial charge on any atom is 0.220 e. The minimum Gasteiger partial charge on any atom is -0.494 e. The second-order valence-electron chi connectivity index (χ2n) is 11.9. The highest BCUT2D eigenvalue weighted by atomic mass is 35.5. The molecule has 0 saturated carbocycles. The molecule has 12 nitrogen and oxygen atoms in total. The maximum absolute atomic E-state index is 15.6. The van der Waals surface area contributed by atoms with Gasteiger partial charge in [0.25, 0.3) is 0 Å². The number of para-hydroxylation sites is 1. The van der Waals surface area contributed by atoms with Crippen molar-refractivity contribution in [3.05, 3.63) is 76.8 Å². The molecule has 2 atom stereocenters. The third-order valence-corrected chi connectivity index (χ3v) is 8.96. The molecular formula is C35H38ClFN8O4. The van der Waals surface area contributed by atoms with Crippen LogP contribution >= 0.6 is 11.6 Å². The van der Waals surface area contributed by atoms with Crippen molar-refractivity contribution < 1.29 is 23.5 Å². The summed E-state index contributed by atoms with van der Waals surface area (Å²) in [5.41, 5.74) is 4.05. The van der Waals surface area contributed by atoms with Gasteiger partial charge < -0.3 is 36.1 Å². The van der Waals surface area contributed by atoms with Crippen molar-refractivity contribution in [3.63, 3.8) is 0 Å². The van der Waals surface area contributed by atoms with Gasteiger partial charge in [-0.2, -0.15) is 0 Å². The average molecular weight is 689 g/mol. The lowest BCUT2D eigenvalue weighted by atomic mass is 10.0. The summed E-state index contributed by atoms with van der Waals surface area (Å²) in [4.78, 5) is 36.5. The van der Waals surface area contributed by atoms with Crippen LogP contribution in [0.2, 0.25) is 5.02 Å². The van der Waals surface area contributed by atoms with Crippen LogP contribution < -0.4 is 36.1 Å². The van der Waals surface area contributed by atoms with E-state index in [9.17, 15) is 9.59 Å². The first-order valence-electron chi connectivity index (χ1n) is 16.1. The summed E-state index contributed by atoms with van der Waals surface area (Å²) >= 11 is 7.00. The lowest BCUT2D eigenvalue weighted by molar-refractivity contribution is -0.120. The minimum atomic E-state index is -0.500. The highest BCUT2D eigenvalue weighted by molar-refractivity contribution is 6.35. The monoisotopic (exact) mass is 688 g/mol. The number of anilines is 2. The summed E-state index contributed by atoms with van der Waals surface area (Å²) in [6.07, 6.45) is 5.82. The van der Waals surface area contributed by atoms with E-state index in [4.69, 9.17) is 26.1 Å². The quantitative estimate of drug-likeness (QED) is 0.128. The van der Waals surface area contributed by atoms with Gasteiger partial charge in [-0.3, -0.25) is 14.6 Å². The normalized spacial score (nSPS) is 17.1. The van der Waals surface area contributed by atoms with Crippen molar-refractivity contribution in [3.8, 4) is 34.1 Å². The minimum absolute atomic E-state index is 0.0376. The molecule has 0 aliphatic carbocycles. The highest BCUT2D eigenvalue weighted by Gasteiger charge is 2.23. The molecule has 0 radical (unpaired) electrons. The zero-order valence-electron chi connectivity index (χ0n) is 27.2. The first-order chi connectivity index (χ1) is 23.8. The first kappa shape index (κ1) is 34.0. The fourth-order valence-corrected chi connectivity index (χ4v) is 6.37. The van der Waals surface area contributed by atoms with Crippen LogP contribution in [0.1, 0.15) is 36.8 Å². The van der Waals surface area contributed by atoms with Crippen LogP contribution in [-0.4, -0.2) is 66.2 Å². The topological polar surface area (TPSA) is 151 Å². The predicted octanol–water partition coefficient (Wildman–Crippen LogP) is 4.50. The third kappa shape index (κ3) is 7.90. The lowest BCUT2D eigenvalue weighted by Crippen LogP contribution is -2.35. The van der Waals surface area contributed by atoms with Crippen LogP contribution in [0, 0.1) is 5.82 Å². The fourth-order valence-electron chi connectivity index (χ4n) is 6.06. The van der Waals surface area contributed by atoms with Gasteiger partial charge in [0.1, 0.15) is 0 Å². The van der Waals surface area contributed by atoms with Gasteiger partial charge in [0, 0.05) is 85.8 Å². The molecule has 1 aromatic carbocycles. The molecule has 2 saturated heterocycles. The molecule has 0 bridgehead atoms. The van der Waals surface area contributed by atoms with Gasteiger partial charge in [-0.25, -0.2) is 14.4 Å². The molecule has 4 aromatic rings. The molecule has 2 aliphatic heterocycles. The molecule has 2 fully saturated rings. The van der Waals surface area contributed by atoms with E-state index in [0.717, 1.165) is 18.4 Å². The average Bonchev–Trinajstić information content (AvgIpc) is 3.73. The molecule has 5 N–H and O–H groups in total. The summed E-state index contributed by atoms with van der Waals surface area (Å²) in [5, 5.41) is 15.9. The van der Waals surface area contributed by atoms with Gasteiger partial charge >= 0.3 is 0 Å². The Bertz CT molecular complexity index is 1840. The predicted molar refractivity (Wildman–Crippen MR) is 184 cm³/mol. The van der Waals surface area contributed by atoms with Gasteiger partial charge in [-0.05, 0) is 43.2 Å². The van der Waals surface area contributed by atoms with Gasteiger partial charge in [-0.15, -0.1) is 0 Å². The Morgan fingerprint density at radius 2 is 1.55 bits per heavy atom. The standard InChI is InChI=1S/C35H38ClFN8O4/c1-48-33-25(4-3-5-27(33)44-34-31(37)20(12-14-41-34)16-38-18-22-7-10-28(46)42-22)32-30(36)24(13-15-40-32)26-9-6-21(35(45-26)49-2)17-39-19-23-8-11-29(47)43-23/h3-6,9,12-15,22-23,38-39H,7-8,10-11,16-19H2,1-2H3,(H,41,44)(H,42,46)(H,43,47)/t22-,23-/m0/s1. The fraction of sp³-hybridized carbons (Fsp3) is 0.343. The summed E-state index contributed by atoms with van der Waals surface area (Å²) < 4.78 is 27.0. The Balaban J connectivity index is 1.20. The number of methoxy groups -OCH3 is 2. The van der Waals surface area contributed by atoms with Crippen molar-refractivity contribution in [1.29, 1.82) is 0 Å². The Kier molecular flexibility index (Phi) is 10.8. The lowest BCUT2D eigenvalue weighted by Gasteiger charge is -2.17. The number of hydrogen-bond donors (Lipinski definition) is 5. The van der Waals surface area contributed by atoms with E-state index >= 15 is 4.39 Å². The number of pyridine rings is 3. The largest absolute Gasteiger partial charge is 0.494 e. The van der Waals surface area contributed by atoms with Crippen LogP contribution in [0.25, 0.3) is 22.5 Å². The third-order valence-electron chi connectivity index (χ3n) is 8.58. The van der Waals surface area contributed by atoms with E-state index in [2.05, 4.69) is 36.6 Å². The van der Waals surface area contributed by atoms with Crippen molar-refractivity contribution in [2.45, 2.75) is 50.9 Å². The summed E-state index contributed by atoms with van der Waals surface area (Å²) in [7, 11) is 3.09. The van der Waals surface area contributed by atoms with Crippen molar-refractivity contribution in [2.75, 3.05) is 32.6 Å². The Morgan fingerprint density at radius 1 is 0.857 bits per heavy atom. The van der Waals surface area contributed by atoms with E-state index in [1.165, 1.54) is 13.3 Å². The molecule has 0 unspecified atom stereocenters. The number of nitrogens with one attached hydrogen (secondary N) is 5. The molecule has 2 aliphatic rings. The van der Waals surface area contributed by atoms with Crippen molar-refractivity contribution >= 4 is 34.9 Å². The highest BCUT2D eigenvalue weighted by Crippen LogP contribution is 2.42. The number of ether oxygens (including phenoxy) is 2. The number of benzene rings is 1. The molecule has 2 amide bonds. The Labute approximate surface area is 288 Å². The Morgan fingerprint density at radius 3 is 2.20 bits per heavy atom. The summed E-state index contributed by atoms with van der Waals surface area (Å²) in [6.45, 7) is 1.99. The molecule has 49 heavy (non-hydrogen) atoms. The van der Waals surface area contributed by atoms with Crippen LogP contribution in [0.15, 0.2) is 54.9 Å². The smallest absolute Gasteiger partial charge is 0.220 e. The van der Waals surface area contributed by atoms with E-state index in [-0.39, 0.29) is 36.3 Å². The van der Waals surface area contributed by atoms with Crippen molar-refractivity contribution in [2.24, 2.45) is 0 Å². The van der Waals surface area contributed by atoms with Gasteiger partial charge in [-0.1, -0.05) is 23.7 Å². The van der Waals surface area contributed by atoms with Crippen molar-refractivity contribution in [1.82, 2.24) is 36.2 Å². The molecule has 14 heteroatoms. The van der Waals surface area contributed by atoms with Crippen LogP contribution in [0.3, 0.4) is 0 Å². The summed E-state index contributed by atoms with van der Waals surface area (Å²) in [6, 6.07) is 12.7. The van der Waals surface area contributed by atoms with Crippen LogP contribution in [0.5, 0.6) is 11.6 Å². The zero-order valence-corrected chi connectivity index (χ0v) is 28.0. The molecule has 256 valence electrons. The van der Waals surface area contributed by atoms with E-state index in [1.54, 1.807) is 37.6 Å². The van der Waals surface area contributed by atoms with Gasteiger partial charge in [0.15, 0.2) is 17.4 Å². The molecular weight excluding hydrogens is 651 g/mol. The van der Waals surface area contributed by atoms with Crippen LogP contribution in [-0.2, 0) is 22.7 Å². The SMILES string of the molecule is COc1nc(-c2ccnc(-c3cccc(Nc4nccc(CNC[C@@H]5CCC(=O)N5)c4F)c3OC)c2Cl)ccc1CNC[C@@H]1CCC(=O)N1. The van der Waals surface area contributed by atoms with E-state index in [1.807, 2.05) is 18.2 Å². The molecule has 3 aromatic heterocycles. The summed E-state index contributed by atoms with van der Waals surface area (Å²) in [5.74, 6) is 0.516. The maximum atomic E-state index is 15.6. The van der Waals surface area contributed by atoms with Gasteiger partial charge in [0.2, 0.25) is 17.7 Å². The number of carbonyl (C=O) groups excluding carboxylic acids is 2. The van der Waals surface area contributed by atoms with E-state index in [0.29, 0.717) is 82.9 Å². The number of halogens is 2. The number of hydrogen-bond acceptors (Lipinski definition) is 10. The zero-order chi connectivity index (χ0) is 34.3. The number of nitrogens with zero attached hydrogens (tertiary/aromatic N) is 3. The van der Waals surface area contributed by atoms with Gasteiger partial charge in [0.05, 0.1) is 36.3 Å². The molecule has 0 spiro atoms. The first-order valence-corrected chi connectivity index (χ1v) is 16.5. The number of carbonyl (C=O) groups is 2. The Hall–Kier alpha value is -4.85. The second-order valence-corrected chi connectivity index (χ2v) is 12.3.